The quantitative estimate of drug-likeness (QED) is 0.338. The summed E-state index contributed by atoms with van der Waals surface area (Å²) in [6.45, 7) is 1.87. The Hall–Kier alpha value is -3.50. The van der Waals surface area contributed by atoms with E-state index < -0.39 is 10.8 Å². The maximum Gasteiger partial charge on any atom is 0.284 e. The zero-order valence-corrected chi connectivity index (χ0v) is 17.3. The monoisotopic (exact) mass is 437 g/mol. The summed E-state index contributed by atoms with van der Waals surface area (Å²) in [4.78, 5) is 32.4. The van der Waals surface area contributed by atoms with Crippen molar-refractivity contribution in [2.75, 3.05) is 5.32 Å². The fourth-order valence-electron chi connectivity index (χ4n) is 2.69. The number of imidazole rings is 1. The SMILES string of the molecule is Cc1csc(Sc2ccc(C(=O)Nc3ccc(-n4ccnc4)cc3)cc2[N+](=O)[O-])n1. The van der Waals surface area contributed by atoms with Crippen LogP contribution in [0.1, 0.15) is 16.1 Å². The van der Waals surface area contributed by atoms with Crippen molar-refractivity contribution in [3.8, 4) is 5.69 Å². The molecule has 0 radical (unpaired) electrons. The van der Waals surface area contributed by atoms with Gasteiger partial charge in [0.1, 0.15) is 0 Å². The van der Waals surface area contributed by atoms with Crippen molar-refractivity contribution in [2.24, 2.45) is 0 Å². The molecule has 0 spiro atoms. The van der Waals surface area contributed by atoms with E-state index in [1.165, 1.54) is 29.2 Å². The van der Waals surface area contributed by atoms with Gasteiger partial charge in [0.2, 0.25) is 0 Å². The summed E-state index contributed by atoms with van der Waals surface area (Å²) in [6.07, 6.45) is 5.18. The average Bonchev–Trinajstić information content (AvgIpc) is 3.41. The first kappa shape index (κ1) is 19.8. The zero-order valence-electron chi connectivity index (χ0n) is 15.7. The number of carbonyl (C=O) groups is 1. The highest BCUT2D eigenvalue weighted by molar-refractivity contribution is 8.01. The van der Waals surface area contributed by atoms with Crippen LogP contribution in [0.5, 0.6) is 0 Å². The number of hydrogen-bond donors (Lipinski definition) is 1. The number of aryl methyl sites for hydroxylation is 1. The van der Waals surface area contributed by atoms with E-state index in [1.807, 2.05) is 35.2 Å². The summed E-state index contributed by atoms with van der Waals surface area (Å²) in [5.74, 6) is -0.421. The van der Waals surface area contributed by atoms with E-state index in [0.29, 0.717) is 14.9 Å². The fraction of sp³-hybridized carbons (Fsp3) is 0.0500. The van der Waals surface area contributed by atoms with Crippen LogP contribution in [0.4, 0.5) is 11.4 Å². The molecule has 4 aromatic rings. The van der Waals surface area contributed by atoms with Crippen molar-refractivity contribution in [1.82, 2.24) is 14.5 Å². The van der Waals surface area contributed by atoms with E-state index in [2.05, 4.69) is 15.3 Å². The van der Waals surface area contributed by atoms with Gasteiger partial charge in [0.25, 0.3) is 11.6 Å². The van der Waals surface area contributed by atoms with Crippen LogP contribution in [-0.2, 0) is 0 Å². The summed E-state index contributed by atoms with van der Waals surface area (Å²) in [6, 6.07) is 11.7. The Kier molecular flexibility index (Phi) is 5.59. The second-order valence-electron chi connectivity index (χ2n) is 6.27. The molecule has 2 heterocycles. The molecule has 10 heteroatoms. The molecule has 4 rings (SSSR count). The number of hydrogen-bond acceptors (Lipinski definition) is 7. The molecule has 1 N–H and O–H groups in total. The first-order valence-corrected chi connectivity index (χ1v) is 10.5. The predicted molar refractivity (Wildman–Crippen MR) is 116 cm³/mol. The highest BCUT2D eigenvalue weighted by Crippen LogP contribution is 2.36. The van der Waals surface area contributed by atoms with E-state index in [0.717, 1.165) is 11.4 Å². The lowest BCUT2D eigenvalue weighted by Gasteiger charge is -2.08. The van der Waals surface area contributed by atoms with Gasteiger partial charge in [0.15, 0.2) is 4.34 Å². The Bertz CT molecular complexity index is 1200. The molecule has 0 atom stereocenters. The number of anilines is 1. The molecule has 1 amide bonds. The minimum Gasteiger partial charge on any atom is -0.322 e. The molecule has 0 fully saturated rings. The molecule has 30 heavy (non-hydrogen) atoms. The topological polar surface area (TPSA) is 103 Å². The summed E-state index contributed by atoms with van der Waals surface area (Å²) in [5, 5.41) is 16.2. The molecule has 2 aromatic carbocycles. The lowest BCUT2D eigenvalue weighted by Crippen LogP contribution is -2.12. The smallest absolute Gasteiger partial charge is 0.284 e. The van der Waals surface area contributed by atoms with Crippen LogP contribution >= 0.6 is 23.1 Å². The highest BCUT2D eigenvalue weighted by atomic mass is 32.2. The van der Waals surface area contributed by atoms with Gasteiger partial charge in [0, 0.05) is 46.5 Å². The first-order chi connectivity index (χ1) is 14.5. The van der Waals surface area contributed by atoms with E-state index in [-0.39, 0.29) is 11.3 Å². The van der Waals surface area contributed by atoms with Gasteiger partial charge < -0.3 is 9.88 Å². The van der Waals surface area contributed by atoms with Gasteiger partial charge in [-0.15, -0.1) is 11.3 Å². The fourth-order valence-corrected chi connectivity index (χ4v) is 4.57. The van der Waals surface area contributed by atoms with Crippen molar-refractivity contribution < 1.29 is 9.72 Å². The van der Waals surface area contributed by atoms with Crippen LogP contribution < -0.4 is 5.32 Å². The van der Waals surface area contributed by atoms with Crippen LogP contribution in [0, 0.1) is 17.0 Å². The molecule has 0 aliphatic heterocycles. The number of benzene rings is 2. The van der Waals surface area contributed by atoms with Crippen molar-refractivity contribution in [1.29, 1.82) is 0 Å². The molecule has 0 aliphatic carbocycles. The number of nitrogens with one attached hydrogen (secondary N) is 1. The molecular weight excluding hydrogens is 422 g/mol. The molecule has 150 valence electrons. The normalized spacial score (nSPS) is 10.7. The average molecular weight is 438 g/mol. The number of amides is 1. The van der Waals surface area contributed by atoms with Crippen molar-refractivity contribution >= 4 is 40.4 Å². The lowest BCUT2D eigenvalue weighted by molar-refractivity contribution is -0.387. The third kappa shape index (κ3) is 4.39. The van der Waals surface area contributed by atoms with Crippen molar-refractivity contribution in [3.63, 3.8) is 0 Å². The van der Waals surface area contributed by atoms with Crippen LogP contribution in [0.3, 0.4) is 0 Å². The molecule has 0 bridgehead atoms. The van der Waals surface area contributed by atoms with Gasteiger partial charge >= 0.3 is 0 Å². The molecule has 0 aliphatic rings. The Morgan fingerprint density at radius 1 is 1.23 bits per heavy atom. The van der Waals surface area contributed by atoms with Gasteiger partial charge in [0.05, 0.1) is 16.1 Å². The molecule has 0 unspecified atom stereocenters. The van der Waals surface area contributed by atoms with Gasteiger partial charge in [-0.3, -0.25) is 14.9 Å². The first-order valence-electron chi connectivity index (χ1n) is 8.78. The molecule has 0 saturated heterocycles. The number of nitro groups is 1. The Labute approximate surface area is 179 Å². The van der Waals surface area contributed by atoms with Gasteiger partial charge in [-0.2, -0.15) is 0 Å². The number of rotatable bonds is 6. The summed E-state index contributed by atoms with van der Waals surface area (Å²) in [5.41, 5.74) is 2.43. The van der Waals surface area contributed by atoms with Crippen LogP contribution in [0.25, 0.3) is 5.69 Å². The summed E-state index contributed by atoms with van der Waals surface area (Å²) >= 11 is 2.64. The number of thiazole rings is 1. The van der Waals surface area contributed by atoms with E-state index >= 15 is 0 Å². The Balaban J connectivity index is 1.52. The van der Waals surface area contributed by atoms with Crippen LogP contribution in [-0.4, -0.2) is 25.4 Å². The predicted octanol–water partition coefficient (Wildman–Crippen LogP) is 4.95. The minimum atomic E-state index is -0.487. The standard InChI is InChI=1S/C20H15N5O3S2/c1-13-11-29-20(22-13)30-18-7-2-14(10-17(18)25(27)28)19(26)23-15-3-5-16(6-4-15)24-9-8-21-12-24/h2-12H,1H3,(H,23,26). The van der Waals surface area contributed by atoms with E-state index in [1.54, 1.807) is 36.8 Å². The Morgan fingerprint density at radius 2 is 2.03 bits per heavy atom. The third-order valence-electron chi connectivity index (χ3n) is 4.14. The van der Waals surface area contributed by atoms with Crippen LogP contribution in [0.15, 0.2) is 75.8 Å². The van der Waals surface area contributed by atoms with Crippen LogP contribution in [0.2, 0.25) is 0 Å². The van der Waals surface area contributed by atoms with Gasteiger partial charge in [-0.25, -0.2) is 9.97 Å². The largest absolute Gasteiger partial charge is 0.322 e. The van der Waals surface area contributed by atoms with E-state index in [4.69, 9.17) is 0 Å². The summed E-state index contributed by atoms with van der Waals surface area (Å²) < 4.78 is 2.56. The maximum atomic E-state index is 12.6. The molecule has 2 aromatic heterocycles. The molecule has 0 saturated carbocycles. The van der Waals surface area contributed by atoms with Gasteiger partial charge in [-0.05, 0) is 43.3 Å². The van der Waals surface area contributed by atoms with Gasteiger partial charge in [-0.1, -0.05) is 11.8 Å². The maximum absolute atomic E-state index is 12.6. The number of nitrogens with zero attached hydrogens (tertiary/aromatic N) is 4. The summed E-state index contributed by atoms with van der Waals surface area (Å²) in [7, 11) is 0. The zero-order chi connectivity index (χ0) is 21.1. The number of nitro benzene ring substituents is 1. The second kappa shape index (κ2) is 8.47. The number of aromatic nitrogens is 3. The highest BCUT2D eigenvalue weighted by Gasteiger charge is 2.19. The third-order valence-corrected chi connectivity index (χ3v) is 6.26. The minimum absolute atomic E-state index is 0.129. The molecular formula is C20H15N5O3S2. The second-order valence-corrected chi connectivity index (χ2v) is 8.41. The van der Waals surface area contributed by atoms with Crippen molar-refractivity contribution in [2.45, 2.75) is 16.2 Å². The Morgan fingerprint density at radius 3 is 2.67 bits per heavy atom. The number of carbonyl (C=O) groups excluding carboxylic acids is 1. The van der Waals surface area contributed by atoms with E-state index in [9.17, 15) is 14.9 Å². The van der Waals surface area contributed by atoms with Crippen molar-refractivity contribution in [3.05, 3.63) is 87.9 Å². The molecule has 8 nitrogen and oxygen atoms in total. The lowest BCUT2D eigenvalue weighted by atomic mass is 10.2.